The number of piperidine rings is 1. The first kappa shape index (κ1) is 11.4. The van der Waals surface area contributed by atoms with Gasteiger partial charge in [-0.2, -0.15) is 0 Å². The summed E-state index contributed by atoms with van der Waals surface area (Å²) < 4.78 is 2.25. The van der Waals surface area contributed by atoms with Gasteiger partial charge >= 0.3 is 0 Å². The maximum Gasteiger partial charge on any atom is 0.0953 e. The molecular weight excluding hydrogens is 198 g/mol. The molecule has 1 saturated heterocycles. The van der Waals surface area contributed by atoms with Crippen LogP contribution in [0.15, 0.2) is 25.2 Å². The molecular formula is C13H21N3. The van der Waals surface area contributed by atoms with E-state index in [4.69, 9.17) is 0 Å². The van der Waals surface area contributed by atoms with Gasteiger partial charge in [0.05, 0.1) is 6.33 Å². The summed E-state index contributed by atoms with van der Waals surface area (Å²) >= 11 is 0. The number of hydrogen-bond acceptors (Lipinski definition) is 2. The maximum atomic E-state index is 4.31. The highest BCUT2D eigenvalue weighted by molar-refractivity contribution is 5.17. The number of nitrogens with one attached hydrogen (secondary N) is 1. The Morgan fingerprint density at radius 1 is 1.56 bits per heavy atom. The van der Waals surface area contributed by atoms with Gasteiger partial charge in [-0.25, -0.2) is 4.98 Å². The van der Waals surface area contributed by atoms with Gasteiger partial charge in [0.15, 0.2) is 0 Å². The molecule has 1 N–H and O–H groups in total. The molecule has 0 amide bonds. The first-order valence-electron chi connectivity index (χ1n) is 6.03. The lowest BCUT2D eigenvalue weighted by atomic mass is 9.78. The lowest BCUT2D eigenvalue weighted by Gasteiger charge is -2.35. The number of allylic oxidation sites excluding steroid dienone is 1. The Morgan fingerprint density at radius 2 is 2.25 bits per heavy atom. The van der Waals surface area contributed by atoms with Crippen LogP contribution in [0, 0.1) is 0 Å². The van der Waals surface area contributed by atoms with Crippen LogP contribution in [0.3, 0.4) is 0 Å². The highest BCUT2D eigenvalue weighted by Gasteiger charge is 2.32. The zero-order valence-corrected chi connectivity index (χ0v) is 10.2. The van der Waals surface area contributed by atoms with Crippen molar-refractivity contribution in [3.8, 4) is 0 Å². The Hall–Kier alpha value is -1.09. The van der Waals surface area contributed by atoms with Crippen LogP contribution >= 0.6 is 0 Å². The van der Waals surface area contributed by atoms with E-state index in [9.17, 15) is 0 Å². The second kappa shape index (κ2) is 4.42. The van der Waals surface area contributed by atoms with E-state index in [2.05, 4.69) is 35.3 Å². The van der Waals surface area contributed by atoms with Gasteiger partial charge < -0.3 is 9.88 Å². The van der Waals surface area contributed by atoms with E-state index in [-0.39, 0.29) is 5.41 Å². The Bertz CT molecular complexity index is 361. The molecule has 1 aromatic heterocycles. The Kier molecular flexibility index (Phi) is 3.15. The molecule has 0 radical (unpaired) electrons. The summed E-state index contributed by atoms with van der Waals surface area (Å²) in [5.41, 5.74) is 1.61. The number of nitrogens with zero attached hydrogens (tertiary/aromatic N) is 2. The fourth-order valence-corrected chi connectivity index (χ4v) is 2.44. The van der Waals surface area contributed by atoms with Gasteiger partial charge in [-0.15, -0.1) is 6.58 Å². The molecule has 3 heteroatoms. The normalized spacial score (nSPS) is 21.6. The summed E-state index contributed by atoms with van der Waals surface area (Å²) in [6.45, 7) is 10.6. The first-order chi connectivity index (χ1) is 7.67. The minimum Gasteiger partial charge on any atom is -0.327 e. The van der Waals surface area contributed by atoms with E-state index < -0.39 is 0 Å². The maximum absolute atomic E-state index is 4.31. The largest absolute Gasteiger partial charge is 0.327 e. The molecule has 1 fully saturated rings. The Labute approximate surface area is 97.6 Å². The van der Waals surface area contributed by atoms with Gasteiger partial charge in [0.2, 0.25) is 0 Å². The number of aromatic nitrogens is 2. The fourth-order valence-electron chi connectivity index (χ4n) is 2.44. The Morgan fingerprint density at radius 3 is 2.88 bits per heavy atom. The molecule has 1 unspecified atom stereocenters. The minimum atomic E-state index is 0.263. The molecule has 16 heavy (non-hydrogen) atoms. The van der Waals surface area contributed by atoms with Crippen LogP contribution in [0.2, 0.25) is 0 Å². The van der Waals surface area contributed by atoms with Crippen molar-refractivity contribution in [2.24, 2.45) is 0 Å². The molecule has 3 nitrogen and oxygen atoms in total. The zero-order valence-electron chi connectivity index (χ0n) is 10.2. The molecule has 0 aromatic carbocycles. The van der Waals surface area contributed by atoms with Crippen LogP contribution < -0.4 is 5.32 Å². The van der Waals surface area contributed by atoms with Crippen molar-refractivity contribution in [2.45, 2.75) is 38.1 Å². The topological polar surface area (TPSA) is 29.9 Å². The highest BCUT2D eigenvalue weighted by Crippen LogP contribution is 2.33. The summed E-state index contributed by atoms with van der Waals surface area (Å²) in [5.74, 6) is 0. The number of hydrogen-bond donors (Lipinski definition) is 1. The van der Waals surface area contributed by atoms with Crippen molar-refractivity contribution in [2.75, 3.05) is 13.1 Å². The van der Waals surface area contributed by atoms with Crippen LogP contribution in [0.4, 0.5) is 0 Å². The van der Waals surface area contributed by atoms with Gasteiger partial charge in [0.25, 0.3) is 0 Å². The van der Waals surface area contributed by atoms with Gasteiger partial charge in [-0.1, -0.05) is 13.0 Å². The van der Waals surface area contributed by atoms with Crippen LogP contribution in [0.25, 0.3) is 0 Å². The van der Waals surface area contributed by atoms with Gasteiger partial charge in [0.1, 0.15) is 0 Å². The van der Waals surface area contributed by atoms with Crippen LogP contribution in [-0.2, 0) is 5.41 Å². The molecule has 1 atom stereocenters. The molecule has 88 valence electrons. The summed E-state index contributed by atoms with van der Waals surface area (Å²) in [4.78, 5) is 4.31. The average molecular weight is 219 g/mol. The molecule has 1 aliphatic rings. The van der Waals surface area contributed by atoms with Crippen molar-refractivity contribution in [1.82, 2.24) is 14.9 Å². The number of rotatable bonds is 3. The molecule has 1 aromatic rings. The quantitative estimate of drug-likeness (QED) is 0.790. The predicted molar refractivity (Wildman–Crippen MR) is 66.6 cm³/mol. The smallest absolute Gasteiger partial charge is 0.0953 e. The van der Waals surface area contributed by atoms with Crippen molar-refractivity contribution < 1.29 is 0 Å². The second-order valence-corrected chi connectivity index (χ2v) is 4.97. The summed E-state index contributed by atoms with van der Waals surface area (Å²) in [5, 5.41) is 3.41. The monoisotopic (exact) mass is 219 g/mol. The SMILES string of the molecule is C=CC(C)n1cncc1C1(C)CCNCC1. The lowest BCUT2D eigenvalue weighted by Crippen LogP contribution is -2.39. The molecule has 0 spiro atoms. The zero-order chi connectivity index (χ0) is 11.6. The minimum absolute atomic E-state index is 0.263. The lowest BCUT2D eigenvalue weighted by molar-refractivity contribution is 0.314. The molecule has 2 rings (SSSR count). The van der Waals surface area contributed by atoms with E-state index >= 15 is 0 Å². The summed E-state index contributed by atoms with van der Waals surface area (Å²) in [7, 11) is 0. The second-order valence-electron chi connectivity index (χ2n) is 4.97. The molecule has 2 heterocycles. The summed E-state index contributed by atoms with van der Waals surface area (Å²) in [6, 6.07) is 0.323. The molecule has 0 aliphatic carbocycles. The van der Waals surface area contributed by atoms with Crippen LogP contribution in [0.1, 0.15) is 38.4 Å². The fraction of sp³-hybridized carbons (Fsp3) is 0.615. The first-order valence-corrected chi connectivity index (χ1v) is 6.03. The predicted octanol–water partition coefficient (Wildman–Crippen LogP) is 2.27. The van der Waals surface area contributed by atoms with E-state index in [1.807, 2.05) is 18.6 Å². The van der Waals surface area contributed by atoms with Gasteiger partial charge in [0, 0.05) is 23.3 Å². The van der Waals surface area contributed by atoms with Crippen molar-refractivity contribution >= 4 is 0 Å². The molecule has 0 bridgehead atoms. The van der Waals surface area contributed by atoms with Crippen LogP contribution in [0.5, 0.6) is 0 Å². The van der Waals surface area contributed by atoms with Crippen molar-refractivity contribution in [3.05, 3.63) is 30.9 Å². The standard InChI is InChI=1S/C13H21N3/c1-4-11(2)16-10-15-9-12(16)13(3)5-7-14-8-6-13/h4,9-11,14H,1,5-8H2,2-3H3. The van der Waals surface area contributed by atoms with E-state index in [0.29, 0.717) is 6.04 Å². The van der Waals surface area contributed by atoms with E-state index in [1.165, 1.54) is 18.5 Å². The van der Waals surface area contributed by atoms with E-state index in [1.54, 1.807) is 0 Å². The van der Waals surface area contributed by atoms with Gasteiger partial charge in [-0.05, 0) is 32.9 Å². The molecule has 0 saturated carbocycles. The van der Waals surface area contributed by atoms with Gasteiger partial charge in [-0.3, -0.25) is 0 Å². The van der Waals surface area contributed by atoms with Crippen molar-refractivity contribution in [1.29, 1.82) is 0 Å². The van der Waals surface area contributed by atoms with E-state index in [0.717, 1.165) is 13.1 Å². The highest BCUT2D eigenvalue weighted by atomic mass is 15.1. The molecule has 1 aliphatic heterocycles. The number of imidazole rings is 1. The van der Waals surface area contributed by atoms with Crippen LogP contribution in [-0.4, -0.2) is 22.6 Å². The Balaban J connectivity index is 2.31. The average Bonchev–Trinajstić information content (AvgIpc) is 2.78. The van der Waals surface area contributed by atoms with Crippen molar-refractivity contribution in [3.63, 3.8) is 0 Å². The summed E-state index contributed by atoms with van der Waals surface area (Å²) in [6.07, 6.45) is 8.28. The third-order valence-electron chi connectivity index (χ3n) is 3.77. The third-order valence-corrected chi connectivity index (χ3v) is 3.77. The third kappa shape index (κ3) is 1.92.